The standard InChI is InChI=1S/C68H96N2/c1-9-15-21-27-33-53-45-55(35-29-23-17-11-3)67(56(46-53)36-30-24-18-12-4)69-63-41-39-51(7)43-59(63)61-50-66-62(49-65(61)69)60-44-52(8)40-42-64(60)70(66)68-57(37-31-25-19-13-5)47-54(34-28-22-16-10-2)48-58(68)38-32-26-20-14-6/h39-50H,9-38H2,1-8H3. The van der Waals surface area contributed by atoms with E-state index in [1.54, 1.807) is 33.4 Å². The summed E-state index contributed by atoms with van der Waals surface area (Å²) in [6.45, 7) is 18.7. The lowest BCUT2D eigenvalue weighted by Crippen LogP contribution is -2.08. The number of aryl methyl sites for hydroxylation is 8. The molecule has 2 heteroatoms. The van der Waals surface area contributed by atoms with Crippen LogP contribution in [0.25, 0.3) is 55.0 Å². The molecule has 7 rings (SSSR count). The van der Waals surface area contributed by atoms with Crippen LogP contribution in [0.4, 0.5) is 0 Å². The normalized spacial score (nSPS) is 12.0. The van der Waals surface area contributed by atoms with E-state index in [-0.39, 0.29) is 0 Å². The molecule has 0 unspecified atom stereocenters. The van der Waals surface area contributed by atoms with Crippen molar-refractivity contribution < 1.29 is 0 Å². The van der Waals surface area contributed by atoms with Crippen LogP contribution in [-0.2, 0) is 38.5 Å². The van der Waals surface area contributed by atoms with E-state index in [4.69, 9.17) is 0 Å². The number of benzene rings is 5. The smallest absolute Gasteiger partial charge is 0.0549 e. The molecule has 0 atom stereocenters. The van der Waals surface area contributed by atoms with Gasteiger partial charge in [-0.25, -0.2) is 0 Å². The van der Waals surface area contributed by atoms with Crippen molar-refractivity contribution >= 4 is 43.6 Å². The van der Waals surface area contributed by atoms with E-state index in [9.17, 15) is 0 Å². The molecule has 2 heterocycles. The Balaban J connectivity index is 1.53. The van der Waals surface area contributed by atoms with Crippen molar-refractivity contribution in [3.05, 3.63) is 117 Å². The van der Waals surface area contributed by atoms with Crippen molar-refractivity contribution in [1.82, 2.24) is 9.13 Å². The number of hydrogen-bond acceptors (Lipinski definition) is 0. The van der Waals surface area contributed by atoms with Crippen LogP contribution in [0.3, 0.4) is 0 Å². The van der Waals surface area contributed by atoms with Gasteiger partial charge in [0, 0.05) is 21.5 Å². The first-order valence-corrected chi connectivity index (χ1v) is 29.6. The summed E-state index contributed by atoms with van der Waals surface area (Å²) in [5.41, 5.74) is 20.5. The summed E-state index contributed by atoms with van der Waals surface area (Å²) >= 11 is 0. The van der Waals surface area contributed by atoms with E-state index >= 15 is 0 Å². The maximum Gasteiger partial charge on any atom is 0.0549 e. The number of fused-ring (bicyclic) bond motifs is 6. The van der Waals surface area contributed by atoms with Crippen molar-refractivity contribution in [2.75, 3.05) is 0 Å². The number of nitrogens with zero attached hydrogens (tertiary/aromatic N) is 2. The molecule has 70 heavy (non-hydrogen) atoms. The van der Waals surface area contributed by atoms with E-state index in [2.05, 4.69) is 137 Å². The molecule has 0 bridgehead atoms. The van der Waals surface area contributed by atoms with Gasteiger partial charge in [-0.1, -0.05) is 205 Å². The van der Waals surface area contributed by atoms with Crippen molar-refractivity contribution in [2.45, 2.75) is 248 Å². The first-order chi connectivity index (χ1) is 34.3. The molecule has 0 aliphatic carbocycles. The van der Waals surface area contributed by atoms with E-state index in [1.807, 2.05) is 0 Å². The highest BCUT2D eigenvalue weighted by atomic mass is 15.0. The van der Waals surface area contributed by atoms with E-state index < -0.39 is 0 Å². The Kier molecular flexibility index (Phi) is 21.0. The Morgan fingerprint density at radius 3 is 0.829 bits per heavy atom. The third-order valence-corrected chi connectivity index (χ3v) is 15.9. The van der Waals surface area contributed by atoms with Gasteiger partial charge < -0.3 is 9.13 Å². The summed E-state index contributed by atoms with van der Waals surface area (Å²) < 4.78 is 5.55. The van der Waals surface area contributed by atoms with Crippen LogP contribution in [0.15, 0.2) is 72.8 Å². The van der Waals surface area contributed by atoms with Gasteiger partial charge in [-0.05, 0) is 161 Å². The van der Waals surface area contributed by atoms with Gasteiger partial charge in [0.1, 0.15) is 0 Å². The van der Waals surface area contributed by atoms with Crippen molar-refractivity contribution in [1.29, 1.82) is 0 Å². The van der Waals surface area contributed by atoms with Crippen LogP contribution in [0.1, 0.15) is 240 Å². The Bertz CT molecular complexity index is 2460. The van der Waals surface area contributed by atoms with Crippen LogP contribution in [0.5, 0.6) is 0 Å². The van der Waals surface area contributed by atoms with E-state index in [0.29, 0.717) is 0 Å². The van der Waals surface area contributed by atoms with Crippen LogP contribution >= 0.6 is 0 Å². The molecular formula is C68H96N2. The van der Waals surface area contributed by atoms with Crippen LogP contribution in [0, 0.1) is 13.8 Å². The minimum Gasteiger partial charge on any atom is -0.309 e. The number of aromatic nitrogens is 2. The fourth-order valence-electron chi connectivity index (χ4n) is 12.0. The molecule has 0 spiro atoms. The Labute approximate surface area is 427 Å². The third-order valence-electron chi connectivity index (χ3n) is 15.9. The highest BCUT2D eigenvalue weighted by Crippen LogP contribution is 2.43. The average Bonchev–Trinajstić information content (AvgIpc) is 3.84. The fourth-order valence-corrected chi connectivity index (χ4v) is 12.0. The first-order valence-electron chi connectivity index (χ1n) is 29.6. The van der Waals surface area contributed by atoms with Gasteiger partial charge >= 0.3 is 0 Å². The highest BCUT2D eigenvalue weighted by molar-refractivity contribution is 6.19. The Hall–Kier alpha value is -4.30. The maximum atomic E-state index is 2.78. The number of rotatable bonds is 32. The van der Waals surface area contributed by atoms with Gasteiger partial charge in [0.25, 0.3) is 0 Å². The molecule has 0 amide bonds. The van der Waals surface area contributed by atoms with Crippen LogP contribution in [-0.4, -0.2) is 9.13 Å². The molecule has 2 aromatic heterocycles. The second kappa shape index (κ2) is 27.5. The average molecular weight is 942 g/mol. The van der Waals surface area contributed by atoms with Gasteiger partial charge in [-0.2, -0.15) is 0 Å². The zero-order valence-corrected chi connectivity index (χ0v) is 46.0. The van der Waals surface area contributed by atoms with Crippen LogP contribution < -0.4 is 0 Å². The molecule has 7 aromatic rings. The molecule has 0 aliphatic heterocycles. The SMILES string of the molecule is CCCCCCc1cc(CCCCCC)c(-n2c3ccc(C)cc3c3cc4c(cc32)c2cc(C)ccc2n4-c2c(CCCCCC)cc(CCCCCC)cc2CCCCCC)c(CCCCCC)c1. The Morgan fingerprint density at radius 1 is 0.271 bits per heavy atom. The van der Waals surface area contributed by atoms with Gasteiger partial charge in [0.15, 0.2) is 0 Å². The van der Waals surface area contributed by atoms with E-state index in [0.717, 1.165) is 25.7 Å². The topological polar surface area (TPSA) is 9.86 Å². The quantitative estimate of drug-likeness (QED) is 0.0372. The zero-order valence-electron chi connectivity index (χ0n) is 46.0. The summed E-state index contributed by atoms with van der Waals surface area (Å²) in [4.78, 5) is 0. The molecule has 0 fully saturated rings. The number of unbranched alkanes of at least 4 members (excludes halogenated alkanes) is 18. The predicted octanol–water partition coefficient (Wildman–Crippen LogP) is 21.2. The molecular weight excluding hydrogens is 845 g/mol. The highest BCUT2D eigenvalue weighted by Gasteiger charge is 2.24. The minimum absolute atomic E-state index is 1.14. The van der Waals surface area contributed by atoms with Gasteiger partial charge in [-0.15, -0.1) is 0 Å². The van der Waals surface area contributed by atoms with Gasteiger partial charge in [-0.3, -0.25) is 0 Å². The maximum absolute atomic E-state index is 2.78. The molecule has 5 aromatic carbocycles. The minimum atomic E-state index is 1.14. The van der Waals surface area contributed by atoms with Crippen molar-refractivity contribution in [3.63, 3.8) is 0 Å². The summed E-state index contributed by atoms with van der Waals surface area (Å²) in [5.74, 6) is 0. The van der Waals surface area contributed by atoms with Crippen LogP contribution in [0.2, 0.25) is 0 Å². The van der Waals surface area contributed by atoms with Crippen molar-refractivity contribution in [3.8, 4) is 11.4 Å². The molecule has 0 saturated heterocycles. The first kappa shape index (κ1) is 53.5. The molecule has 0 N–H and O–H groups in total. The lowest BCUT2D eigenvalue weighted by molar-refractivity contribution is 0.653. The lowest BCUT2D eigenvalue weighted by atomic mass is 9.92. The third kappa shape index (κ3) is 13.2. The lowest BCUT2D eigenvalue weighted by Gasteiger charge is -2.21. The predicted molar refractivity (Wildman–Crippen MR) is 312 cm³/mol. The molecule has 378 valence electrons. The largest absolute Gasteiger partial charge is 0.309 e. The zero-order chi connectivity index (χ0) is 49.2. The second-order valence-electron chi connectivity index (χ2n) is 22.0. The summed E-state index contributed by atoms with van der Waals surface area (Å²) in [6, 6.07) is 30.7. The molecule has 0 radical (unpaired) electrons. The molecule has 0 aliphatic rings. The summed E-state index contributed by atoms with van der Waals surface area (Å²) in [6.07, 6.45) is 38.0. The number of hydrogen-bond donors (Lipinski definition) is 0. The summed E-state index contributed by atoms with van der Waals surface area (Å²) in [5, 5.41) is 5.57. The monoisotopic (exact) mass is 941 g/mol. The molecule has 2 nitrogen and oxygen atoms in total. The Morgan fingerprint density at radius 2 is 0.543 bits per heavy atom. The molecule has 0 saturated carbocycles. The summed E-state index contributed by atoms with van der Waals surface area (Å²) in [7, 11) is 0. The van der Waals surface area contributed by atoms with Gasteiger partial charge in [0.2, 0.25) is 0 Å². The fraction of sp³-hybridized carbons (Fsp3) is 0.559. The van der Waals surface area contributed by atoms with Crippen molar-refractivity contribution in [2.24, 2.45) is 0 Å². The van der Waals surface area contributed by atoms with Gasteiger partial charge in [0.05, 0.1) is 33.4 Å². The van der Waals surface area contributed by atoms with E-state index in [1.165, 1.54) is 233 Å². The second-order valence-corrected chi connectivity index (χ2v) is 22.0.